The van der Waals surface area contributed by atoms with E-state index >= 15 is 0 Å². The summed E-state index contributed by atoms with van der Waals surface area (Å²) in [6, 6.07) is 111. The lowest BCUT2D eigenvalue weighted by molar-refractivity contribution is 0.893. The smallest absolute Gasteiger partial charge is 0.240 e. The van der Waals surface area contributed by atoms with E-state index in [9.17, 15) is 0 Å². The van der Waals surface area contributed by atoms with Gasteiger partial charge >= 0.3 is 0 Å². The van der Waals surface area contributed by atoms with Crippen molar-refractivity contribution in [2.45, 2.75) is 0 Å². The zero-order valence-electron chi connectivity index (χ0n) is 47.6. The zero-order valence-corrected chi connectivity index (χ0v) is 47.6. The molecule has 0 unspecified atom stereocenters. The summed E-state index contributed by atoms with van der Waals surface area (Å²) in [6.45, 7) is 0. The SMILES string of the molecule is c1ccc(-c2cccc(-c3nc(-n4c5ccccc5c5ccc(-c6ccc7c8ccccc8n(-c8ccccc8)c7c6)cc54)nc(-n4c5ccccc5c5ccc(-c6ccc7c8ccccc8n(-c8ccccc8)c7c6)cc54)n3)c2-c2ccccc2)cc1. The first-order valence-corrected chi connectivity index (χ1v) is 29.9. The lowest BCUT2D eigenvalue weighted by atomic mass is 9.90. The molecule has 0 saturated carbocycles. The van der Waals surface area contributed by atoms with Crippen molar-refractivity contribution in [3.05, 3.63) is 309 Å². The summed E-state index contributed by atoms with van der Waals surface area (Å²) in [5.74, 6) is 1.57. The fourth-order valence-corrected chi connectivity index (χ4v) is 13.9. The molecule has 7 nitrogen and oxygen atoms in total. The van der Waals surface area contributed by atoms with Gasteiger partial charge in [-0.1, -0.05) is 237 Å². The first-order valence-electron chi connectivity index (χ1n) is 29.9. The van der Waals surface area contributed by atoms with Crippen LogP contribution in [0.15, 0.2) is 309 Å². The maximum absolute atomic E-state index is 5.75. The number of hydrogen-bond donors (Lipinski definition) is 0. The van der Waals surface area contributed by atoms with Crippen LogP contribution in [0.1, 0.15) is 0 Å². The van der Waals surface area contributed by atoms with Gasteiger partial charge in [-0.25, -0.2) is 0 Å². The van der Waals surface area contributed by atoms with Crippen LogP contribution in [-0.4, -0.2) is 33.2 Å². The van der Waals surface area contributed by atoms with Gasteiger partial charge in [0.05, 0.1) is 44.1 Å². The molecular weight excluding hydrogens is 1070 g/mol. The van der Waals surface area contributed by atoms with Crippen LogP contribution in [0, 0.1) is 0 Å². The minimum absolute atomic E-state index is 0.508. The molecule has 0 N–H and O–H groups in total. The zero-order chi connectivity index (χ0) is 57.8. The molecular formula is C81H51N7. The summed E-state index contributed by atoms with van der Waals surface area (Å²) in [6.07, 6.45) is 0. The van der Waals surface area contributed by atoms with Crippen LogP contribution in [0.2, 0.25) is 0 Å². The Morgan fingerprint density at radius 1 is 0.193 bits per heavy atom. The van der Waals surface area contributed by atoms with E-state index in [0.29, 0.717) is 17.7 Å². The molecule has 0 aliphatic carbocycles. The Kier molecular flexibility index (Phi) is 11.2. The van der Waals surface area contributed by atoms with E-state index < -0.39 is 0 Å². The van der Waals surface area contributed by atoms with Gasteiger partial charge in [-0.05, 0) is 112 Å². The van der Waals surface area contributed by atoms with Crippen LogP contribution in [0.25, 0.3) is 166 Å². The quantitative estimate of drug-likeness (QED) is 0.145. The number of rotatable bonds is 9. The fraction of sp³-hybridized carbons (Fsp3) is 0. The molecule has 0 atom stereocenters. The van der Waals surface area contributed by atoms with Crippen LogP contribution >= 0.6 is 0 Å². The van der Waals surface area contributed by atoms with E-state index in [1.54, 1.807) is 0 Å². The Morgan fingerprint density at radius 3 is 0.898 bits per heavy atom. The van der Waals surface area contributed by atoms with Crippen molar-refractivity contribution >= 4 is 87.2 Å². The third kappa shape index (κ3) is 7.74. The number of nitrogens with zero attached hydrogens (tertiary/aromatic N) is 7. The molecule has 18 rings (SSSR count). The van der Waals surface area contributed by atoms with E-state index in [0.717, 1.165) is 116 Å². The van der Waals surface area contributed by atoms with E-state index in [2.05, 4.69) is 328 Å². The van der Waals surface area contributed by atoms with Crippen molar-refractivity contribution in [3.63, 3.8) is 0 Å². The highest BCUT2D eigenvalue weighted by Crippen LogP contribution is 2.44. The largest absolute Gasteiger partial charge is 0.309 e. The summed E-state index contributed by atoms with van der Waals surface area (Å²) < 4.78 is 9.28. The summed E-state index contributed by atoms with van der Waals surface area (Å²) in [5, 5.41) is 9.27. The van der Waals surface area contributed by atoms with Crippen molar-refractivity contribution in [2.24, 2.45) is 0 Å². The molecule has 0 aliphatic heterocycles. The average molecular weight is 1120 g/mol. The van der Waals surface area contributed by atoms with Gasteiger partial charge in [-0.2, -0.15) is 15.0 Å². The fourth-order valence-electron chi connectivity index (χ4n) is 13.9. The molecule has 5 aromatic heterocycles. The summed E-state index contributed by atoms with van der Waals surface area (Å²) in [5.41, 5.74) is 20.4. The Hall–Kier alpha value is -11.9. The van der Waals surface area contributed by atoms with Gasteiger partial charge in [0.15, 0.2) is 5.82 Å². The molecule has 0 spiro atoms. The van der Waals surface area contributed by atoms with Crippen LogP contribution < -0.4 is 0 Å². The first kappa shape index (κ1) is 49.5. The van der Waals surface area contributed by atoms with Gasteiger partial charge in [0.1, 0.15) is 0 Å². The molecule has 13 aromatic carbocycles. The molecule has 0 fully saturated rings. The standard InChI is InChI=1S/C81H51N7/c1-5-22-52(23-6-1)60-34-21-35-69(78(60)53-24-7-2-8-25-53)79-82-80(87-72-38-19-15-32-63(72)67-46-42-56(50-76(67)87)54-40-44-65-61-30-13-17-36-70(61)85(74(65)48-54)58-26-9-3-10-27-58)84-81(83-79)88-73-39-20-16-33-64(73)68-47-43-57(51-77(68)88)55-41-45-66-62-31-14-18-37-71(62)86(75(66)49-55)59-28-11-4-12-29-59/h1-51H. The summed E-state index contributed by atoms with van der Waals surface area (Å²) >= 11 is 0. The predicted molar refractivity (Wildman–Crippen MR) is 364 cm³/mol. The Bertz CT molecular complexity index is 5500. The Balaban J connectivity index is 0.896. The molecule has 0 saturated heterocycles. The summed E-state index contributed by atoms with van der Waals surface area (Å²) in [7, 11) is 0. The van der Waals surface area contributed by atoms with Gasteiger partial charge in [0.25, 0.3) is 0 Å². The second-order valence-corrected chi connectivity index (χ2v) is 22.7. The highest BCUT2D eigenvalue weighted by atomic mass is 15.3. The highest BCUT2D eigenvalue weighted by molar-refractivity contribution is 6.14. The van der Waals surface area contributed by atoms with Gasteiger partial charge in [0, 0.05) is 65.6 Å². The lowest BCUT2D eigenvalue weighted by Crippen LogP contribution is -2.10. The van der Waals surface area contributed by atoms with E-state index in [-0.39, 0.29) is 0 Å². The maximum Gasteiger partial charge on any atom is 0.240 e. The third-order valence-corrected chi connectivity index (χ3v) is 17.9. The van der Waals surface area contributed by atoms with E-state index in [4.69, 9.17) is 15.0 Å². The number of fused-ring (bicyclic) bond motifs is 12. The number of benzene rings is 13. The highest BCUT2D eigenvalue weighted by Gasteiger charge is 2.25. The topological polar surface area (TPSA) is 58.4 Å². The molecule has 7 heteroatoms. The van der Waals surface area contributed by atoms with Gasteiger partial charge < -0.3 is 9.13 Å². The van der Waals surface area contributed by atoms with Crippen LogP contribution in [0.4, 0.5) is 0 Å². The predicted octanol–water partition coefficient (Wildman–Crippen LogP) is 20.6. The first-order chi connectivity index (χ1) is 43.7. The number of hydrogen-bond acceptors (Lipinski definition) is 3. The normalized spacial score (nSPS) is 11.9. The maximum atomic E-state index is 5.75. The van der Waals surface area contributed by atoms with E-state index in [1.807, 2.05) is 0 Å². The van der Waals surface area contributed by atoms with E-state index in [1.165, 1.54) is 32.6 Å². The Labute approximate surface area is 506 Å². The molecule has 0 aliphatic rings. The minimum atomic E-state index is 0.508. The summed E-state index contributed by atoms with van der Waals surface area (Å²) in [4.78, 5) is 17.2. The van der Waals surface area contributed by atoms with Crippen molar-refractivity contribution < 1.29 is 0 Å². The van der Waals surface area contributed by atoms with Crippen molar-refractivity contribution in [2.75, 3.05) is 0 Å². The second kappa shape index (κ2) is 19.8. The molecule has 0 amide bonds. The molecule has 5 heterocycles. The number of aromatic nitrogens is 7. The molecule has 0 radical (unpaired) electrons. The van der Waals surface area contributed by atoms with Crippen LogP contribution in [-0.2, 0) is 0 Å². The van der Waals surface area contributed by atoms with Crippen molar-refractivity contribution in [1.82, 2.24) is 33.2 Å². The second-order valence-electron chi connectivity index (χ2n) is 22.7. The third-order valence-electron chi connectivity index (χ3n) is 17.9. The van der Waals surface area contributed by atoms with Crippen molar-refractivity contribution in [1.29, 1.82) is 0 Å². The van der Waals surface area contributed by atoms with Gasteiger partial charge in [-0.3, -0.25) is 9.13 Å². The average Bonchev–Trinajstić information content (AvgIpc) is 1.78. The molecule has 410 valence electrons. The number of para-hydroxylation sites is 6. The van der Waals surface area contributed by atoms with Crippen molar-refractivity contribution in [3.8, 4) is 79.2 Å². The van der Waals surface area contributed by atoms with Crippen LogP contribution in [0.5, 0.6) is 0 Å². The Morgan fingerprint density at radius 2 is 0.500 bits per heavy atom. The van der Waals surface area contributed by atoms with Gasteiger partial charge in [-0.15, -0.1) is 0 Å². The molecule has 18 aromatic rings. The minimum Gasteiger partial charge on any atom is -0.309 e. The lowest BCUT2D eigenvalue weighted by Gasteiger charge is -2.17. The van der Waals surface area contributed by atoms with Gasteiger partial charge in [0.2, 0.25) is 11.9 Å². The monoisotopic (exact) mass is 1120 g/mol. The van der Waals surface area contributed by atoms with Crippen LogP contribution in [0.3, 0.4) is 0 Å². The molecule has 88 heavy (non-hydrogen) atoms. The molecule has 0 bridgehead atoms.